The molecule has 1 aliphatic rings. The minimum absolute atomic E-state index is 0.0783. The Morgan fingerprint density at radius 2 is 1.61 bits per heavy atom. The van der Waals surface area contributed by atoms with Crippen molar-refractivity contribution in [2.75, 3.05) is 0 Å². The quantitative estimate of drug-likeness (QED) is 0.514. The first-order valence-electron chi connectivity index (χ1n) is 4.86. The monoisotopic (exact) mass is 405 g/mol. The van der Waals surface area contributed by atoms with Gasteiger partial charge >= 0.3 is 0 Å². The van der Waals surface area contributed by atoms with E-state index in [4.69, 9.17) is 11.6 Å². The molecule has 0 fully saturated rings. The van der Waals surface area contributed by atoms with Crippen molar-refractivity contribution in [3.63, 3.8) is 0 Å². The second-order valence-electron chi connectivity index (χ2n) is 3.38. The fourth-order valence-electron chi connectivity index (χ4n) is 1.20. The number of carbonyl (C=O) groups excluding carboxylic acids is 1. The minimum atomic E-state index is -0.0783. The molecular formula is C12H6Br2ClNOS. The normalized spacial score (nSPS) is 15.3. The molecule has 0 amide bonds. The number of nitrogens with zero attached hydrogens (tertiary/aromatic N) is 1. The van der Waals surface area contributed by atoms with Crippen LogP contribution in [0.25, 0.3) is 0 Å². The van der Waals surface area contributed by atoms with Crippen molar-refractivity contribution in [2.45, 2.75) is 4.90 Å². The highest BCUT2D eigenvalue weighted by Crippen LogP contribution is 2.26. The van der Waals surface area contributed by atoms with Gasteiger partial charge in [0.2, 0.25) is 5.78 Å². The van der Waals surface area contributed by atoms with E-state index >= 15 is 0 Å². The first-order chi connectivity index (χ1) is 8.56. The third-order valence-corrected chi connectivity index (χ3v) is 4.27. The van der Waals surface area contributed by atoms with Gasteiger partial charge in [-0.05, 0) is 68.3 Å². The van der Waals surface area contributed by atoms with Crippen LogP contribution in [0.1, 0.15) is 0 Å². The zero-order valence-electron chi connectivity index (χ0n) is 8.86. The van der Waals surface area contributed by atoms with Crippen molar-refractivity contribution >= 4 is 66.9 Å². The Labute approximate surface area is 131 Å². The molecular weight excluding hydrogens is 401 g/mol. The molecule has 6 heteroatoms. The lowest BCUT2D eigenvalue weighted by Gasteiger charge is -2.05. The summed E-state index contributed by atoms with van der Waals surface area (Å²) in [5.41, 5.74) is 0.716. The molecule has 1 aromatic rings. The maximum absolute atomic E-state index is 11.5. The largest absolute Gasteiger partial charge is 0.287 e. The molecule has 1 aromatic carbocycles. The van der Waals surface area contributed by atoms with Crippen LogP contribution in [0, 0.1) is 0 Å². The second kappa shape index (κ2) is 6.19. The number of rotatable bonds is 2. The van der Waals surface area contributed by atoms with Crippen LogP contribution in [0.15, 0.2) is 54.7 Å². The van der Waals surface area contributed by atoms with Gasteiger partial charge in [0, 0.05) is 21.9 Å². The van der Waals surface area contributed by atoms with Crippen LogP contribution in [0.3, 0.4) is 0 Å². The fraction of sp³-hybridized carbons (Fsp3) is 0. The van der Waals surface area contributed by atoms with E-state index < -0.39 is 0 Å². The summed E-state index contributed by atoms with van der Waals surface area (Å²) in [5.74, 6) is -0.0783. The molecule has 0 aromatic heterocycles. The van der Waals surface area contributed by atoms with Crippen LogP contribution in [0.2, 0.25) is 5.02 Å². The maximum Gasteiger partial charge on any atom is 0.207 e. The summed E-state index contributed by atoms with van der Waals surface area (Å²) in [7, 11) is 0. The molecule has 92 valence electrons. The number of hydrogen-bond acceptors (Lipinski definition) is 3. The molecule has 0 heterocycles. The second-order valence-corrected chi connectivity index (χ2v) is 6.36. The average molecular weight is 408 g/mol. The van der Waals surface area contributed by atoms with Crippen molar-refractivity contribution in [3.8, 4) is 0 Å². The van der Waals surface area contributed by atoms with Crippen molar-refractivity contribution in [1.29, 1.82) is 0 Å². The Balaban J connectivity index is 2.15. The summed E-state index contributed by atoms with van der Waals surface area (Å²) in [4.78, 5) is 12.5. The predicted octanol–water partition coefficient (Wildman–Crippen LogP) is 4.93. The standard InChI is InChI=1S/C12H6Br2ClNOS/c13-10-5-8(6-11(14)12(10)17)16-18-9-3-1-7(15)2-4-9/h1-6H. The molecule has 0 N–H and O–H groups in total. The lowest BCUT2D eigenvalue weighted by atomic mass is 10.2. The molecule has 2 rings (SSSR count). The molecule has 0 unspecified atom stereocenters. The van der Waals surface area contributed by atoms with E-state index in [9.17, 15) is 4.79 Å². The van der Waals surface area contributed by atoms with E-state index in [1.807, 2.05) is 24.3 Å². The lowest BCUT2D eigenvalue weighted by molar-refractivity contribution is -0.110. The van der Waals surface area contributed by atoms with Gasteiger partial charge in [-0.1, -0.05) is 11.6 Å². The van der Waals surface area contributed by atoms with Crippen LogP contribution < -0.4 is 0 Å². The Kier molecular flexibility index (Phi) is 4.84. The zero-order valence-corrected chi connectivity index (χ0v) is 13.6. The van der Waals surface area contributed by atoms with Crippen LogP contribution in [0.4, 0.5) is 0 Å². The van der Waals surface area contributed by atoms with Crippen LogP contribution in [-0.2, 0) is 4.79 Å². The number of halogens is 3. The summed E-state index contributed by atoms with van der Waals surface area (Å²) in [5, 5.41) is 0.695. The van der Waals surface area contributed by atoms with E-state index in [0.717, 1.165) is 4.90 Å². The Hall–Kier alpha value is -0.360. The molecule has 18 heavy (non-hydrogen) atoms. The third-order valence-electron chi connectivity index (χ3n) is 2.05. The van der Waals surface area contributed by atoms with Crippen molar-refractivity contribution in [1.82, 2.24) is 0 Å². The predicted molar refractivity (Wildman–Crippen MR) is 83.8 cm³/mol. The summed E-state index contributed by atoms with van der Waals surface area (Å²) in [6, 6.07) is 7.41. The smallest absolute Gasteiger partial charge is 0.207 e. The first kappa shape index (κ1) is 14.1. The molecule has 0 bridgehead atoms. The molecule has 0 saturated carbocycles. The van der Waals surface area contributed by atoms with E-state index in [-0.39, 0.29) is 5.78 Å². The van der Waals surface area contributed by atoms with Crippen LogP contribution in [0.5, 0.6) is 0 Å². The molecule has 2 nitrogen and oxygen atoms in total. The Morgan fingerprint density at radius 3 is 2.17 bits per heavy atom. The van der Waals surface area contributed by atoms with Gasteiger partial charge in [0.05, 0.1) is 14.7 Å². The van der Waals surface area contributed by atoms with Gasteiger partial charge in [-0.2, -0.15) is 0 Å². The summed E-state index contributed by atoms with van der Waals surface area (Å²) < 4.78 is 5.33. The lowest BCUT2D eigenvalue weighted by Crippen LogP contribution is -2.06. The molecule has 0 spiro atoms. The number of ketones is 1. The highest BCUT2D eigenvalue weighted by Gasteiger charge is 2.16. The van der Waals surface area contributed by atoms with E-state index in [0.29, 0.717) is 19.7 Å². The third kappa shape index (κ3) is 3.57. The highest BCUT2D eigenvalue weighted by molar-refractivity contribution is 9.13. The van der Waals surface area contributed by atoms with Crippen LogP contribution in [-0.4, -0.2) is 11.5 Å². The fourth-order valence-corrected chi connectivity index (χ4v) is 3.06. The minimum Gasteiger partial charge on any atom is -0.287 e. The van der Waals surface area contributed by atoms with Gasteiger partial charge in [-0.25, -0.2) is 4.40 Å². The highest BCUT2D eigenvalue weighted by atomic mass is 79.9. The number of carbonyl (C=O) groups is 1. The number of Topliss-reactive ketones (excluding diaryl/α,β-unsaturated/α-hetero) is 1. The van der Waals surface area contributed by atoms with Gasteiger partial charge in [0.1, 0.15) is 0 Å². The van der Waals surface area contributed by atoms with Crippen LogP contribution >= 0.6 is 55.4 Å². The molecule has 0 aliphatic heterocycles. The average Bonchev–Trinajstić information content (AvgIpc) is 2.35. The Morgan fingerprint density at radius 1 is 1.06 bits per heavy atom. The maximum atomic E-state index is 11.5. The van der Waals surface area contributed by atoms with Gasteiger partial charge in [-0.15, -0.1) is 0 Å². The van der Waals surface area contributed by atoms with Gasteiger partial charge in [0.15, 0.2) is 0 Å². The summed E-state index contributed by atoms with van der Waals surface area (Å²) in [6.07, 6.45) is 3.38. The summed E-state index contributed by atoms with van der Waals surface area (Å²) >= 11 is 13.5. The van der Waals surface area contributed by atoms with Crippen molar-refractivity contribution < 1.29 is 4.79 Å². The number of allylic oxidation sites excluding steroid dienone is 4. The SMILES string of the molecule is O=C1C(Br)=CC(=NSc2ccc(Cl)cc2)C=C1Br. The van der Waals surface area contributed by atoms with E-state index in [1.165, 1.54) is 11.9 Å². The van der Waals surface area contributed by atoms with Gasteiger partial charge in [0.25, 0.3) is 0 Å². The van der Waals surface area contributed by atoms with E-state index in [1.54, 1.807) is 12.2 Å². The molecule has 0 saturated heterocycles. The molecule has 0 radical (unpaired) electrons. The Bertz CT molecular complexity index is 554. The number of benzene rings is 1. The summed E-state index contributed by atoms with van der Waals surface area (Å²) in [6.45, 7) is 0. The molecule has 1 aliphatic carbocycles. The van der Waals surface area contributed by atoms with Crippen molar-refractivity contribution in [2.24, 2.45) is 4.40 Å². The first-order valence-corrected chi connectivity index (χ1v) is 7.59. The topological polar surface area (TPSA) is 29.4 Å². The molecule has 0 atom stereocenters. The zero-order chi connectivity index (χ0) is 13.1. The van der Waals surface area contributed by atoms with Gasteiger partial charge < -0.3 is 0 Å². The van der Waals surface area contributed by atoms with Gasteiger partial charge in [-0.3, -0.25) is 4.79 Å². The van der Waals surface area contributed by atoms with E-state index in [2.05, 4.69) is 36.3 Å². The number of hydrogen-bond donors (Lipinski definition) is 0. The van der Waals surface area contributed by atoms with Crippen molar-refractivity contribution in [3.05, 3.63) is 50.4 Å².